The van der Waals surface area contributed by atoms with Crippen molar-refractivity contribution in [2.45, 2.75) is 58.2 Å². The van der Waals surface area contributed by atoms with Crippen molar-refractivity contribution < 1.29 is 14.0 Å². The molecule has 0 atom stereocenters. The first kappa shape index (κ1) is 19.5. The highest BCUT2D eigenvalue weighted by atomic mass is 28.4. The first-order valence-electron chi connectivity index (χ1n) is 8.29. The van der Waals surface area contributed by atoms with Gasteiger partial charge >= 0.3 is 5.97 Å². The van der Waals surface area contributed by atoms with Gasteiger partial charge in [0.05, 0.1) is 7.11 Å². The summed E-state index contributed by atoms with van der Waals surface area (Å²) in [6, 6.07) is 7.92. The molecule has 1 rings (SSSR count). The maximum atomic E-state index is 11.1. The van der Waals surface area contributed by atoms with E-state index >= 15 is 0 Å². The lowest BCUT2D eigenvalue weighted by atomic mass is 10.2. The minimum absolute atomic E-state index is 0.351. The molecule has 1 aromatic rings. The predicted molar refractivity (Wildman–Crippen MR) is 99.2 cm³/mol. The molecule has 0 aromatic heterocycles. The summed E-state index contributed by atoms with van der Waals surface area (Å²) in [4.78, 5) is 11.1. The van der Waals surface area contributed by atoms with Gasteiger partial charge in [-0.25, -0.2) is 4.79 Å². The van der Waals surface area contributed by atoms with Crippen LogP contribution in [-0.2, 0) is 9.53 Å². The Morgan fingerprint density at radius 3 is 1.83 bits per heavy atom. The smallest absolute Gasteiger partial charge is 0.330 e. The molecule has 0 aliphatic rings. The van der Waals surface area contributed by atoms with Crippen molar-refractivity contribution in [3.63, 3.8) is 0 Å². The minimum Gasteiger partial charge on any atom is -0.543 e. The monoisotopic (exact) mass is 334 g/mol. The van der Waals surface area contributed by atoms with Gasteiger partial charge < -0.3 is 9.16 Å². The van der Waals surface area contributed by atoms with Crippen LogP contribution < -0.4 is 4.43 Å². The second kappa shape index (κ2) is 8.34. The lowest BCUT2D eigenvalue weighted by Crippen LogP contribution is -2.50. The molecule has 0 heterocycles. The highest BCUT2D eigenvalue weighted by Gasteiger charge is 2.46. The third-order valence-corrected chi connectivity index (χ3v) is 10.5. The number of hydrogen-bond acceptors (Lipinski definition) is 3. The molecule has 0 bridgehead atoms. The summed E-state index contributed by atoms with van der Waals surface area (Å²) in [6.45, 7) is 13.7. The Balaban J connectivity index is 2.99. The number of ether oxygens (including phenoxy) is 1. The van der Waals surface area contributed by atoms with E-state index in [1.165, 1.54) is 13.2 Å². The zero-order chi connectivity index (χ0) is 17.6. The maximum absolute atomic E-state index is 11.1. The quantitative estimate of drug-likeness (QED) is 0.379. The Morgan fingerprint density at radius 1 is 0.957 bits per heavy atom. The second-order valence-corrected chi connectivity index (χ2v) is 12.2. The number of carbonyl (C=O) groups excluding carboxylic acids is 1. The number of carbonyl (C=O) groups is 1. The summed E-state index contributed by atoms with van der Waals surface area (Å²) < 4.78 is 11.2. The van der Waals surface area contributed by atoms with E-state index in [1.54, 1.807) is 6.08 Å². The van der Waals surface area contributed by atoms with Crippen molar-refractivity contribution in [3.8, 4) is 5.75 Å². The topological polar surface area (TPSA) is 35.5 Å². The third kappa shape index (κ3) is 4.71. The molecule has 0 aliphatic carbocycles. The van der Waals surface area contributed by atoms with Crippen molar-refractivity contribution in [1.29, 1.82) is 0 Å². The molecule has 3 nitrogen and oxygen atoms in total. The average molecular weight is 335 g/mol. The Kier molecular flexibility index (Phi) is 7.07. The van der Waals surface area contributed by atoms with Gasteiger partial charge in [0, 0.05) is 6.08 Å². The summed E-state index contributed by atoms with van der Waals surface area (Å²) in [7, 11) is -0.548. The summed E-state index contributed by atoms with van der Waals surface area (Å²) in [5, 5.41) is 0. The van der Waals surface area contributed by atoms with Gasteiger partial charge in [0.1, 0.15) is 5.75 Å². The fraction of sp³-hybridized carbons (Fsp3) is 0.526. The van der Waals surface area contributed by atoms with Crippen LogP contribution in [0.2, 0.25) is 16.6 Å². The van der Waals surface area contributed by atoms with Gasteiger partial charge in [0.2, 0.25) is 0 Å². The molecule has 1 aromatic carbocycles. The van der Waals surface area contributed by atoms with Crippen LogP contribution in [0.25, 0.3) is 6.08 Å². The molecule has 0 fully saturated rings. The molecule has 0 unspecified atom stereocenters. The number of hydrogen-bond donors (Lipinski definition) is 0. The molecule has 128 valence electrons. The van der Waals surface area contributed by atoms with E-state index in [9.17, 15) is 4.79 Å². The van der Waals surface area contributed by atoms with E-state index in [1.807, 2.05) is 24.3 Å². The van der Waals surface area contributed by atoms with Gasteiger partial charge in [-0.3, -0.25) is 0 Å². The molecular formula is C19H30O3Si. The Bertz CT molecular complexity index is 508. The van der Waals surface area contributed by atoms with Crippen LogP contribution in [0.4, 0.5) is 0 Å². The normalized spacial score (nSPS) is 12.4. The van der Waals surface area contributed by atoms with Gasteiger partial charge in [-0.1, -0.05) is 53.7 Å². The van der Waals surface area contributed by atoms with Crippen molar-refractivity contribution in [3.05, 3.63) is 35.9 Å². The van der Waals surface area contributed by atoms with Crippen LogP contribution in [0.1, 0.15) is 47.1 Å². The zero-order valence-corrected chi connectivity index (χ0v) is 16.4. The van der Waals surface area contributed by atoms with E-state index in [2.05, 4.69) is 46.3 Å². The van der Waals surface area contributed by atoms with E-state index in [0.717, 1.165) is 11.3 Å². The predicted octanol–water partition coefficient (Wildman–Crippen LogP) is 5.43. The Morgan fingerprint density at radius 2 is 1.43 bits per heavy atom. The summed E-state index contributed by atoms with van der Waals surface area (Å²) >= 11 is 0. The lowest BCUT2D eigenvalue weighted by Gasteiger charge is -2.42. The van der Waals surface area contributed by atoms with Gasteiger partial charge in [-0.15, -0.1) is 0 Å². The van der Waals surface area contributed by atoms with Crippen molar-refractivity contribution in [2.24, 2.45) is 0 Å². The van der Waals surface area contributed by atoms with Crippen LogP contribution >= 0.6 is 0 Å². The van der Waals surface area contributed by atoms with E-state index in [0.29, 0.717) is 16.6 Å². The number of rotatable bonds is 7. The standard InChI is InChI=1S/C19H30O3Si/c1-14(2)23(15(3)4,16(5)6)22-18-11-8-17(9-12-18)10-13-19(20)21-7/h8-16H,1-7H3/b13-10+. The van der Waals surface area contributed by atoms with Gasteiger partial charge in [-0.2, -0.15) is 0 Å². The second-order valence-electron chi connectivity index (χ2n) is 6.85. The number of esters is 1. The van der Waals surface area contributed by atoms with E-state index < -0.39 is 8.32 Å². The highest BCUT2D eigenvalue weighted by Crippen LogP contribution is 2.42. The van der Waals surface area contributed by atoms with Gasteiger partial charge in [-0.05, 0) is 40.4 Å². The number of methoxy groups -OCH3 is 1. The summed E-state index contributed by atoms with van der Waals surface area (Å²) in [6.07, 6.45) is 3.17. The zero-order valence-electron chi connectivity index (χ0n) is 15.4. The Labute approximate surface area is 141 Å². The molecule has 0 spiro atoms. The van der Waals surface area contributed by atoms with Crippen molar-refractivity contribution >= 4 is 20.4 Å². The molecule has 23 heavy (non-hydrogen) atoms. The molecule has 0 radical (unpaired) electrons. The molecule has 0 amide bonds. The average Bonchev–Trinajstić information content (AvgIpc) is 2.50. The Hall–Kier alpha value is -1.55. The fourth-order valence-electron chi connectivity index (χ4n) is 3.44. The van der Waals surface area contributed by atoms with Gasteiger partial charge in [0.25, 0.3) is 8.32 Å². The minimum atomic E-state index is -1.92. The van der Waals surface area contributed by atoms with Crippen molar-refractivity contribution in [2.75, 3.05) is 7.11 Å². The molecule has 4 heteroatoms. The van der Waals surface area contributed by atoms with Crippen LogP contribution in [0, 0.1) is 0 Å². The first-order chi connectivity index (χ1) is 10.7. The largest absolute Gasteiger partial charge is 0.543 e. The SMILES string of the molecule is COC(=O)/C=C/c1ccc(O[Si](C(C)C)(C(C)C)C(C)C)cc1. The van der Waals surface area contributed by atoms with Crippen LogP contribution in [0.3, 0.4) is 0 Å². The van der Waals surface area contributed by atoms with E-state index in [4.69, 9.17) is 4.43 Å². The first-order valence-corrected chi connectivity index (χ1v) is 10.4. The third-order valence-electron chi connectivity index (χ3n) is 4.49. The fourth-order valence-corrected chi connectivity index (χ4v) is 8.69. The summed E-state index contributed by atoms with van der Waals surface area (Å²) in [5.41, 5.74) is 2.58. The van der Waals surface area contributed by atoms with Crippen molar-refractivity contribution in [1.82, 2.24) is 0 Å². The maximum Gasteiger partial charge on any atom is 0.330 e. The van der Waals surface area contributed by atoms with Crippen LogP contribution in [0.15, 0.2) is 30.3 Å². The van der Waals surface area contributed by atoms with E-state index in [-0.39, 0.29) is 5.97 Å². The molecule has 0 aliphatic heterocycles. The lowest BCUT2D eigenvalue weighted by molar-refractivity contribution is -0.134. The molecule has 0 saturated heterocycles. The molecule has 0 N–H and O–H groups in total. The number of benzene rings is 1. The molecular weight excluding hydrogens is 304 g/mol. The molecule has 0 saturated carbocycles. The summed E-state index contributed by atoms with van der Waals surface area (Å²) in [5.74, 6) is 0.569. The van der Waals surface area contributed by atoms with Crippen LogP contribution in [-0.4, -0.2) is 21.4 Å². The van der Waals surface area contributed by atoms with Crippen LogP contribution in [0.5, 0.6) is 5.75 Å². The van der Waals surface area contributed by atoms with Gasteiger partial charge in [0.15, 0.2) is 0 Å². The highest BCUT2D eigenvalue weighted by molar-refractivity contribution is 6.78.